The third-order valence-electron chi connectivity index (χ3n) is 5.01. The first-order valence-electron chi connectivity index (χ1n) is 9.09. The Balaban J connectivity index is 1.65. The predicted molar refractivity (Wildman–Crippen MR) is 94.6 cm³/mol. The number of halogens is 2. The predicted octanol–water partition coefficient (Wildman–Crippen LogP) is 1.65. The molecule has 0 aliphatic carbocycles. The minimum Gasteiger partial charge on any atom is -0.406 e. The number of rotatable bonds is 5. The van der Waals surface area contributed by atoms with Gasteiger partial charge in [0.25, 0.3) is 5.85 Å². The normalized spacial score (nSPS) is 26.7. The fourth-order valence-corrected chi connectivity index (χ4v) is 3.75. The van der Waals surface area contributed by atoms with Gasteiger partial charge in [-0.3, -0.25) is 4.79 Å². The van der Waals surface area contributed by atoms with Crippen molar-refractivity contribution < 1.29 is 23.2 Å². The molecule has 3 atom stereocenters. The lowest BCUT2D eigenvalue weighted by Gasteiger charge is -2.28. The molecule has 0 radical (unpaired) electrons. The highest BCUT2D eigenvalue weighted by Crippen LogP contribution is 2.44. The van der Waals surface area contributed by atoms with E-state index in [1.54, 1.807) is 18.2 Å². The van der Waals surface area contributed by atoms with Crippen LogP contribution in [0.2, 0.25) is 0 Å². The highest BCUT2D eigenvalue weighted by molar-refractivity contribution is 5.74. The Morgan fingerprint density at radius 2 is 2.28 bits per heavy atom. The van der Waals surface area contributed by atoms with Crippen molar-refractivity contribution in [1.29, 1.82) is 0 Å². The van der Waals surface area contributed by atoms with Gasteiger partial charge in [-0.25, -0.2) is 4.79 Å². The molecule has 154 valence electrons. The first kappa shape index (κ1) is 19.0. The molecule has 4 rings (SSSR count). The first-order chi connectivity index (χ1) is 13.9. The summed E-state index contributed by atoms with van der Waals surface area (Å²) in [5.74, 6) is -3.27. The molecular formula is C17H19F2N7O3. The molecule has 3 heterocycles. The summed E-state index contributed by atoms with van der Waals surface area (Å²) in [6, 6.07) is 4.88. The number of cyclic esters (lactones) is 1. The maximum atomic E-state index is 15.3. The molecule has 3 unspecified atom stereocenters. The van der Waals surface area contributed by atoms with Crippen LogP contribution in [0, 0.1) is 0 Å². The second-order valence-electron chi connectivity index (χ2n) is 6.95. The average molecular weight is 407 g/mol. The van der Waals surface area contributed by atoms with E-state index in [-0.39, 0.29) is 16.9 Å². The van der Waals surface area contributed by atoms with Gasteiger partial charge in [0.2, 0.25) is 5.91 Å². The third-order valence-corrected chi connectivity index (χ3v) is 5.01. The van der Waals surface area contributed by atoms with Crippen molar-refractivity contribution in [2.45, 2.75) is 37.8 Å². The summed E-state index contributed by atoms with van der Waals surface area (Å²) in [6.07, 6.45) is 1.39. The fourth-order valence-electron chi connectivity index (χ4n) is 3.75. The lowest BCUT2D eigenvalue weighted by Crippen LogP contribution is -2.43. The SMILES string of the molecule is CC(=O)NCC1(F)OC(=O)N(F)C1c1cccc(N2CCCC2n2ncnn2)c1. The Morgan fingerprint density at radius 1 is 1.45 bits per heavy atom. The number of ether oxygens (including phenoxy) is 1. The monoisotopic (exact) mass is 407 g/mol. The molecular weight excluding hydrogens is 388 g/mol. The van der Waals surface area contributed by atoms with Gasteiger partial charge in [-0.15, -0.1) is 20.1 Å². The maximum Gasteiger partial charge on any atom is 0.441 e. The van der Waals surface area contributed by atoms with Crippen LogP contribution < -0.4 is 10.2 Å². The molecule has 1 aromatic heterocycles. The number of amides is 2. The Labute approximate surface area is 164 Å². The maximum absolute atomic E-state index is 15.3. The van der Waals surface area contributed by atoms with E-state index >= 15 is 4.39 Å². The van der Waals surface area contributed by atoms with Crippen LogP contribution in [-0.2, 0) is 9.53 Å². The van der Waals surface area contributed by atoms with Crippen molar-refractivity contribution in [3.8, 4) is 0 Å². The van der Waals surface area contributed by atoms with Gasteiger partial charge >= 0.3 is 6.09 Å². The summed E-state index contributed by atoms with van der Waals surface area (Å²) in [6.45, 7) is 1.22. The molecule has 2 saturated heterocycles. The number of nitrogens with zero attached hydrogens (tertiary/aromatic N) is 6. The van der Waals surface area contributed by atoms with Gasteiger partial charge < -0.3 is 15.0 Å². The second-order valence-corrected chi connectivity index (χ2v) is 6.95. The van der Waals surface area contributed by atoms with Gasteiger partial charge in [0, 0.05) is 19.2 Å². The molecule has 29 heavy (non-hydrogen) atoms. The van der Waals surface area contributed by atoms with Crippen LogP contribution in [0.1, 0.15) is 37.5 Å². The molecule has 0 saturated carbocycles. The molecule has 2 aromatic rings. The van der Waals surface area contributed by atoms with E-state index in [2.05, 4.69) is 25.5 Å². The summed E-state index contributed by atoms with van der Waals surface area (Å²) < 4.78 is 34.4. The highest BCUT2D eigenvalue weighted by Gasteiger charge is 2.57. The zero-order valence-corrected chi connectivity index (χ0v) is 15.5. The molecule has 2 fully saturated rings. The molecule has 2 aliphatic rings. The number of hydrogen-bond acceptors (Lipinski definition) is 7. The van der Waals surface area contributed by atoms with Crippen LogP contribution in [-0.4, -0.2) is 56.3 Å². The number of hydrogen-bond donors (Lipinski definition) is 1. The Hall–Kier alpha value is -3.31. The number of tetrazole rings is 1. The van der Waals surface area contributed by atoms with Gasteiger partial charge in [-0.05, 0) is 35.8 Å². The van der Waals surface area contributed by atoms with Crippen molar-refractivity contribution in [2.75, 3.05) is 18.0 Å². The van der Waals surface area contributed by atoms with Crippen LogP contribution in [0.4, 0.5) is 19.4 Å². The zero-order valence-electron chi connectivity index (χ0n) is 15.5. The fraction of sp³-hybridized carbons (Fsp3) is 0.471. The topological polar surface area (TPSA) is 105 Å². The largest absolute Gasteiger partial charge is 0.441 e. The number of alkyl halides is 1. The Bertz CT molecular complexity index is 912. The minimum atomic E-state index is -2.74. The van der Waals surface area contributed by atoms with Gasteiger partial charge in [-0.1, -0.05) is 16.6 Å². The van der Waals surface area contributed by atoms with E-state index in [0.29, 0.717) is 12.2 Å². The van der Waals surface area contributed by atoms with Crippen LogP contribution in [0.3, 0.4) is 0 Å². The number of benzene rings is 1. The van der Waals surface area contributed by atoms with Crippen molar-refractivity contribution in [3.05, 3.63) is 36.2 Å². The van der Waals surface area contributed by atoms with E-state index in [0.717, 1.165) is 12.8 Å². The molecule has 2 aliphatic heterocycles. The molecule has 0 bridgehead atoms. The number of carbonyl (C=O) groups is 2. The number of anilines is 1. The highest BCUT2D eigenvalue weighted by atomic mass is 19.2. The molecule has 1 N–H and O–H groups in total. The molecule has 2 amide bonds. The Morgan fingerprint density at radius 3 is 3.00 bits per heavy atom. The van der Waals surface area contributed by atoms with Crippen molar-refractivity contribution in [1.82, 2.24) is 30.6 Å². The Kier molecular flexibility index (Phi) is 4.76. The number of aromatic nitrogens is 4. The first-order valence-corrected chi connectivity index (χ1v) is 9.09. The second kappa shape index (κ2) is 7.26. The van der Waals surface area contributed by atoms with E-state index in [4.69, 9.17) is 0 Å². The van der Waals surface area contributed by atoms with Gasteiger partial charge in [0.15, 0.2) is 12.4 Å². The zero-order chi connectivity index (χ0) is 20.6. The van der Waals surface area contributed by atoms with Crippen LogP contribution in [0.25, 0.3) is 0 Å². The number of carbonyl (C=O) groups excluding carboxylic acids is 2. The molecule has 0 spiro atoms. The third kappa shape index (κ3) is 3.45. The van der Waals surface area contributed by atoms with Crippen LogP contribution in [0.15, 0.2) is 30.6 Å². The summed E-state index contributed by atoms with van der Waals surface area (Å²) in [5, 5.41) is 13.7. The minimum absolute atomic E-state index is 0.176. The standard InChI is InChI=1S/C17H19F2N7O3/c1-11(27)20-9-17(18)15(25(19)16(28)29-17)12-4-2-5-13(8-12)24-7-3-6-14(24)26-22-10-21-23-26/h2,4-5,8,10,14-15H,3,6-7,9H2,1H3,(H,20,27). The van der Waals surface area contributed by atoms with Crippen molar-refractivity contribution in [2.24, 2.45) is 0 Å². The summed E-state index contributed by atoms with van der Waals surface area (Å²) >= 11 is 0. The summed E-state index contributed by atoms with van der Waals surface area (Å²) in [7, 11) is 0. The van der Waals surface area contributed by atoms with E-state index in [9.17, 15) is 14.1 Å². The van der Waals surface area contributed by atoms with Crippen LogP contribution in [0.5, 0.6) is 0 Å². The quantitative estimate of drug-likeness (QED) is 0.752. The van der Waals surface area contributed by atoms with E-state index in [1.807, 2.05) is 4.90 Å². The van der Waals surface area contributed by atoms with E-state index in [1.165, 1.54) is 24.1 Å². The average Bonchev–Trinajstić information content (AvgIpc) is 3.41. The van der Waals surface area contributed by atoms with Gasteiger partial charge in [0.05, 0.1) is 6.54 Å². The van der Waals surface area contributed by atoms with Crippen LogP contribution >= 0.6 is 0 Å². The summed E-state index contributed by atoms with van der Waals surface area (Å²) in [4.78, 5) is 26.4. The molecule has 1 aromatic carbocycles. The lowest BCUT2D eigenvalue weighted by atomic mass is 9.99. The smallest absolute Gasteiger partial charge is 0.406 e. The molecule has 10 nitrogen and oxygen atoms in total. The number of nitrogens with one attached hydrogen (secondary N) is 1. The lowest BCUT2D eigenvalue weighted by molar-refractivity contribution is -0.126. The van der Waals surface area contributed by atoms with Gasteiger partial charge in [0.1, 0.15) is 6.17 Å². The van der Waals surface area contributed by atoms with Crippen molar-refractivity contribution in [3.63, 3.8) is 0 Å². The van der Waals surface area contributed by atoms with Gasteiger partial charge in [-0.2, -0.15) is 4.39 Å². The van der Waals surface area contributed by atoms with E-state index < -0.39 is 30.4 Å². The summed E-state index contributed by atoms with van der Waals surface area (Å²) in [5.41, 5.74) is 0.887. The van der Waals surface area contributed by atoms with Crippen molar-refractivity contribution >= 4 is 17.7 Å². The molecule has 12 heteroatoms.